The zero-order valence-corrected chi connectivity index (χ0v) is 12.1. The zero-order valence-electron chi connectivity index (χ0n) is 12.1. The molecule has 1 aliphatic rings. The summed E-state index contributed by atoms with van der Waals surface area (Å²) in [6.45, 7) is 6.63. The van der Waals surface area contributed by atoms with Gasteiger partial charge in [0.1, 0.15) is 5.82 Å². The van der Waals surface area contributed by atoms with E-state index in [1.54, 1.807) is 0 Å². The van der Waals surface area contributed by atoms with Crippen molar-refractivity contribution in [2.24, 2.45) is 0 Å². The Morgan fingerprint density at radius 2 is 2.26 bits per heavy atom. The first kappa shape index (κ1) is 13.9. The minimum atomic E-state index is -0.103. The van der Waals surface area contributed by atoms with Crippen LogP contribution in [0.25, 0.3) is 0 Å². The number of hydrogen-bond acceptors (Lipinski definition) is 2. The topological polar surface area (TPSA) is 59.0 Å². The molecule has 0 saturated heterocycles. The molecule has 19 heavy (non-hydrogen) atoms. The Bertz CT molecular complexity index is 435. The second-order valence-corrected chi connectivity index (χ2v) is 5.58. The second-order valence-electron chi connectivity index (χ2n) is 5.58. The van der Waals surface area contributed by atoms with Gasteiger partial charge >= 0.3 is 6.03 Å². The number of carbonyl (C=O) groups excluding carboxylic acids is 1. The van der Waals surface area contributed by atoms with E-state index >= 15 is 0 Å². The maximum absolute atomic E-state index is 11.5. The lowest BCUT2D eigenvalue weighted by Gasteiger charge is -2.29. The molecule has 2 amide bonds. The third kappa shape index (κ3) is 3.49. The second kappa shape index (κ2) is 6.08. The van der Waals surface area contributed by atoms with Crippen molar-refractivity contribution in [3.8, 4) is 0 Å². The molecule has 2 N–H and O–H groups in total. The highest BCUT2D eigenvalue weighted by atomic mass is 16.2. The van der Waals surface area contributed by atoms with Gasteiger partial charge in [-0.1, -0.05) is 0 Å². The summed E-state index contributed by atoms with van der Waals surface area (Å²) < 4.78 is 2.34. The molecule has 1 aromatic rings. The largest absolute Gasteiger partial charge is 0.338 e. The molecule has 1 aromatic heterocycles. The number of nitrogens with zero attached hydrogens (tertiary/aromatic N) is 2. The van der Waals surface area contributed by atoms with Crippen molar-refractivity contribution in [3.05, 3.63) is 17.7 Å². The monoisotopic (exact) mass is 264 g/mol. The number of urea groups is 1. The van der Waals surface area contributed by atoms with E-state index in [2.05, 4.69) is 27.1 Å². The fourth-order valence-corrected chi connectivity index (χ4v) is 2.43. The Labute approximate surface area is 114 Å². The molecule has 1 fully saturated rings. The number of amides is 2. The van der Waals surface area contributed by atoms with Crippen LogP contribution >= 0.6 is 0 Å². The van der Waals surface area contributed by atoms with Crippen LogP contribution in [0.2, 0.25) is 0 Å². The highest BCUT2D eigenvalue weighted by Gasteiger charge is 2.23. The molecule has 0 aliphatic heterocycles. The number of hydrogen-bond donors (Lipinski definition) is 2. The van der Waals surface area contributed by atoms with Gasteiger partial charge < -0.3 is 15.2 Å². The number of aryl methyl sites for hydroxylation is 1. The molecule has 0 atom stereocenters. The predicted octanol–water partition coefficient (Wildman–Crippen LogP) is 2.17. The molecule has 0 bridgehead atoms. The Morgan fingerprint density at radius 3 is 2.84 bits per heavy atom. The molecule has 1 aliphatic carbocycles. The molecule has 0 unspecified atom stereocenters. The van der Waals surface area contributed by atoms with E-state index in [1.165, 1.54) is 25.0 Å². The fraction of sp³-hybridized carbons (Fsp3) is 0.714. The van der Waals surface area contributed by atoms with Gasteiger partial charge in [-0.15, -0.1) is 0 Å². The van der Waals surface area contributed by atoms with Gasteiger partial charge in [-0.25, -0.2) is 9.78 Å². The molecule has 2 rings (SSSR count). The van der Waals surface area contributed by atoms with E-state index in [-0.39, 0.29) is 12.1 Å². The predicted molar refractivity (Wildman–Crippen MR) is 75.2 cm³/mol. The number of carbonyl (C=O) groups is 1. The average Bonchev–Trinajstić information content (AvgIpc) is 2.58. The van der Waals surface area contributed by atoms with Gasteiger partial charge in [0.25, 0.3) is 0 Å². The van der Waals surface area contributed by atoms with Crippen LogP contribution in [-0.4, -0.2) is 28.2 Å². The van der Waals surface area contributed by atoms with Crippen LogP contribution in [0, 0.1) is 6.92 Å². The Morgan fingerprint density at radius 1 is 1.53 bits per heavy atom. The average molecular weight is 264 g/mol. The van der Waals surface area contributed by atoms with Crippen molar-refractivity contribution in [2.75, 3.05) is 6.54 Å². The molecule has 106 valence electrons. The van der Waals surface area contributed by atoms with Crippen molar-refractivity contribution in [1.29, 1.82) is 0 Å². The van der Waals surface area contributed by atoms with Crippen molar-refractivity contribution in [1.82, 2.24) is 20.2 Å². The van der Waals surface area contributed by atoms with Crippen molar-refractivity contribution in [3.63, 3.8) is 0 Å². The molecule has 1 saturated carbocycles. The quantitative estimate of drug-likeness (QED) is 0.856. The minimum Gasteiger partial charge on any atom is -0.338 e. The Kier molecular flexibility index (Phi) is 4.45. The third-order valence-corrected chi connectivity index (χ3v) is 3.55. The first-order chi connectivity index (χ1) is 9.08. The summed E-state index contributed by atoms with van der Waals surface area (Å²) in [6, 6.07) is 0.690. The van der Waals surface area contributed by atoms with E-state index in [4.69, 9.17) is 0 Å². The zero-order chi connectivity index (χ0) is 13.8. The number of aromatic nitrogens is 2. The normalized spacial score (nSPS) is 15.4. The van der Waals surface area contributed by atoms with Gasteiger partial charge in [0, 0.05) is 36.9 Å². The summed E-state index contributed by atoms with van der Waals surface area (Å²) in [5, 5.41) is 5.69. The standard InChI is InChI=1S/C14H24N4O/c1-10(2)17-14(19)15-8-7-13-16-9-11(3)18(13)12-5-4-6-12/h9-10,12H,4-8H2,1-3H3,(H2,15,17,19). The fourth-order valence-electron chi connectivity index (χ4n) is 2.43. The number of imidazole rings is 1. The van der Waals surface area contributed by atoms with E-state index < -0.39 is 0 Å². The maximum Gasteiger partial charge on any atom is 0.314 e. The van der Waals surface area contributed by atoms with Crippen LogP contribution in [0.15, 0.2) is 6.20 Å². The van der Waals surface area contributed by atoms with Crippen LogP contribution in [-0.2, 0) is 6.42 Å². The van der Waals surface area contributed by atoms with Gasteiger partial charge in [-0.2, -0.15) is 0 Å². The number of rotatable bonds is 5. The highest BCUT2D eigenvalue weighted by Crippen LogP contribution is 2.33. The lowest BCUT2D eigenvalue weighted by atomic mass is 9.92. The van der Waals surface area contributed by atoms with Crippen LogP contribution in [0.3, 0.4) is 0 Å². The van der Waals surface area contributed by atoms with Crippen LogP contribution < -0.4 is 10.6 Å². The van der Waals surface area contributed by atoms with Gasteiger partial charge in [0.05, 0.1) is 0 Å². The van der Waals surface area contributed by atoms with Crippen molar-refractivity contribution < 1.29 is 4.79 Å². The Hall–Kier alpha value is -1.52. The molecule has 0 radical (unpaired) electrons. The van der Waals surface area contributed by atoms with Crippen molar-refractivity contribution >= 4 is 6.03 Å². The summed E-state index contributed by atoms with van der Waals surface area (Å²) in [7, 11) is 0. The van der Waals surface area contributed by atoms with E-state index in [9.17, 15) is 4.79 Å². The van der Waals surface area contributed by atoms with Crippen LogP contribution in [0.5, 0.6) is 0 Å². The van der Waals surface area contributed by atoms with E-state index in [1.807, 2.05) is 20.0 Å². The summed E-state index contributed by atoms with van der Waals surface area (Å²) in [5.74, 6) is 1.09. The van der Waals surface area contributed by atoms with E-state index in [0.29, 0.717) is 12.6 Å². The molecule has 1 heterocycles. The third-order valence-electron chi connectivity index (χ3n) is 3.55. The molecular weight excluding hydrogens is 240 g/mol. The molecule has 0 aromatic carbocycles. The van der Waals surface area contributed by atoms with E-state index in [0.717, 1.165) is 12.2 Å². The van der Waals surface area contributed by atoms with Gasteiger partial charge in [-0.05, 0) is 40.0 Å². The molecule has 5 heteroatoms. The van der Waals surface area contributed by atoms with Crippen LogP contribution in [0.1, 0.15) is 50.7 Å². The van der Waals surface area contributed by atoms with Gasteiger partial charge in [-0.3, -0.25) is 0 Å². The van der Waals surface area contributed by atoms with Crippen LogP contribution in [0.4, 0.5) is 4.79 Å². The minimum absolute atomic E-state index is 0.103. The first-order valence-corrected chi connectivity index (χ1v) is 7.15. The first-order valence-electron chi connectivity index (χ1n) is 7.15. The SMILES string of the molecule is Cc1cnc(CCNC(=O)NC(C)C)n1C1CCC1. The number of nitrogens with one attached hydrogen (secondary N) is 2. The molecule has 5 nitrogen and oxygen atoms in total. The van der Waals surface area contributed by atoms with Gasteiger partial charge in [0.15, 0.2) is 0 Å². The van der Waals surface area contributed by atoms with Crippen molar-refractivity contribution in [2.45, 2.75) is 58.5 Å². The maximum atomic E-state index is 11.5. The lowest BCUT2D eigenvalue weighted by Crippen LogP contribution is -2.40. The summed E-state index contributed by atoms with van der Waals surface area (Å²) in [5.41, 5.74) is 1.23. The van der Waals surface area contributed by atoms with Gasteiger partial charge in [0.2, 0.25) is 0 Å². The summed E-state index contributed by atoms with van der Waals surface area (Å²) in [6.07, 6.45) is 6.55. The summed E-state index contributed by atoms with van der Waals surface area (Å²) in [4.78, 5) is 16.0. The highest BCUT2D eigenvalue weighted by molar-refractivity contribution is 5.74. The Balaban J connectivity index is 1.84. The molecular formula is C14H24N4O. The summed E-state index contributed by atoms with van der Waals surface area (Å²) >= 11 is 0. The molecule has 0 spiro atoms. The lowest BCUT2D eigenvalue weighted by molar-refractivity contribution is 0.238. The smallest absolute Gasteiger partial charge is 0.314 e.